The van der Waals surface area contributed by atoms with Crippen molar-refractivity contribution in [2.24, 2.45) is 5.92 Å². The van der Waals surface area contributed by atoms with Crippen LogP contribution in [0.4, 0.5) is 5.69 Å². The van der Waals surface area contributed by atoms with Crippen molar-refractivity contribution in [3.8, 4) is 5.75 Å². The Bertz CT molecular complexity index is 723. The van der Waals surface area contributed by atoms with Crippen LogP contribution in [0.15, 0.2) is 41.8 Å². The van der Waals surface area contributed by atoms with Crippen LogP contribution in [0.3, 0.4) is 0 Å². The van der Waals surface area contributed by atoms with Crippen LogP contribution in [0.1, 0.15) is 31.2 Å². The van der Waals surface area contributed by atoms with Crippen molar-refractivity contribution in [2.45, 2.75) is 26.3 Å². The predicted octanol–water partition coefficient (Wildman–Crippen LogP) is 3.78. The third-order valence-corrected chi connectivity index (χ3v) is 6.24. The molecule has 3 rings (SSSR count). The number of benzene rings is 1. The summed E-state index contributed by atoms with van der Waals surface area (Å²) in [6.07, 6.45) is 0.553. The Labute approximate surface area is 172 Å². The highest BCUT2D eigenvalue weighted by Gasteiger charge is 2.22. The number of hydrogen-bond donors (Lipinski definition) is 1. The summed E-state index contributed by atoms with van der Waals surface area (Å²) in [5.74, 6) is 1.62. The van der Waals surface area contributed by atoms with E-state index in [2.05, 4.69) is 53.7 Å². The average Bonchev–Trinajstić information content (AvgIpc) is 3.25. The van der Waals surface area contributed by atoms with Gasteiger partial charge in [-0.15, -0.1) is 11.3 Å². The lowest BCUT2D eigenvalue weighted by Crippen LogP contribution is -2.49. The van der Waals surface area contributed by atoms with Crippen LogP contribution in [-0.2, 0) is 4.79 Å². The molecule has 2 heterocycles. The third-order valence-electron chi connectivity index (χ3n) is 5.29. The molecule has 1 N–H and O–H groups in total. The largest absolute Gasteiger partial charge is 0.497 e. The Morgan fingerprint density at radius 3 is 2.43 bits per heavy atom. The molecule has 1 aliphatic heterocycles. The second-order valence-electron chi connectivity index (χ2n) is 7.51. The maximum absolute atomic E-state index is 12.6. The van der Waals surface area contributed by atoms with Gasteiger partial charge in [0.1, 0.15) is 5.75 Å². The van der Waals surface area contributed by atoms with Crippen LogP contribution in [0, 0.1) is 5.92 Å². The van der Waals surface area contributed by atoms with Gasteiger partial charge in [0.05, 0.1) is 7.11 Å². The second-order valence-corrected chi connectivity index (χ2v) is 8.49. The summed E-state index contributed by atoms with van der Waals surface area (Å²) in [6, 6.07) is 12.7. The van der Waals surface area contributed by atoms with E-state index in [-0.39, 0.29) is 5.91 Å². The van der Waals surface area contributed by atoms with Crippen molar-refractivity contribution in [1.29, 1.82) is 0 Å². The fourth-order valence-electron chi connectivity index (χ4n) is 3.63. The molecule has 0 bridgehead atoms. The maximum Gasteiger partial charge on any atom is 0.223 e. The Hall–Kier alpha value is -2.05. The Kier molecular flexibility index (Phi) is 7.34. The van der Waals surface area contributed by atoms with Gasteiger partial charge in [0, 0.05) is 55.8 Å². The molecule has 1 amide bonds. The number of nitrogens with one attached hydrogen (secondary N) is 1. The standard InChI is InChI=1S/C22H31N3O2S/c1-17(2)22(20-5-4-16-28-20)23-11-10-21(26)25-14-12-24(13-15-25)18-6-8-19(27-3)9-7-18/h4-9,16-17,22-23H,10-15H2,1-3H3/t22-/m0/s1. The third kappa shape index (κ3) is 5.26. The molecule has 1 aromatic carbocycles. The number of anilines is 1. The SMILES string of the molecule is COc1ccc(N2CCN(C(=O)CCN[C@H](c3cccs3)C(C)C)CC2)cc1. The van der Waals surface area contributed by atoms with Gasteiger partial charge in [-0.05, 0) is 41.6 Å². The molecule has 152 valence electrons. The van der Waals surface area contributed by atoms with E-state index < -0.39 is 0 Å². The first-order chi connectivity index (χ1) is 13.6. The number of methoxy groups -OCH3 is 1. The van der Waals surface area contributed by atoms with Gasteiger partial charge in [-0.3, -0.25) is 4.79 Å². The molecule has 28 heavy (non-hydrogen) atoms. The number of hydrogen-bond acceptors (Lipinski definition) is 5. The van der Waals surface area contributed by atoms with Crippen LogP contribution in [0.5, 0.6) is 5.75 Å². The molecule has 1 saturated heterocycles. The minimum absolute atomic E-state index is 0.246. The van der Waals surface area contributed by atoms with E-state index in [1.807, 2.05) is 17.0 Å². The number of thiophene rings is 1. The van der Waals surface area contributed by atoms with Gasteiger partial charge in [0.2, 0.25) is 5.91 Å². The topological polar surface area (TPSA) is 44.8 Å². The lowest BCUT2D eigenvalue weighted by molar-refractivity contribution is -0.131. The van der Waals surface area contributed by atoms with Crippen molar-refractivity contribution < 1.29 is 9.53 Å². The minimum Gasteiger partial charge on any atom is -0.497 e. The Morgan fingerprint density at radius 2 is 1.86 bits per heavy atom. The van der Waals surface area contributed by atoms with E-state index in [0.717, 1.165) is 38.5 Å². The molecule has 0 saturated carbocycles. The highest BCUT2D eigenvalue weighted by atomic mass is 32.1. The van der Waals surface area contributed by atoms with Crippen LogP contribution in [-0.4, -0.2) is 50.6 Å². The number of amides is 1. The number of nitrogens with zero attached hydrogens (tertiary/aromatic N) is 2. The molecule has 1 aliphatic rings. The fraction of sp³-hybridized carbons (Fsp3) is 0.500. The van der Waals surface area contributed by atoms with Gasteiger partial charge in [-0.2, -0.15) is 0 Å². The zero-order valence-corrected chi connectivity index (χ0v) is 17.9. The van der Waals surface area contributed by atoms with Crippen molar-refractivity contribution in [3.05, 3.63) is 46.7 Å². The van der Waals surface area contributed by atoms with E-state index in [9.17, 15) is 4.79 Å². The Balaban J connectivity index is 1.43. The molecule has 2 aromatic rings. The van der Waals surface area contributed by atoms with Crippen LogP contribution in [0.25, 0.3) is 0 Å². The summed E-state index contributed by atoms with van der Waals surface area (Å²) >= 11 is 1.78. The Morgan fingerprint density at radius 1 is 1.14 bits per heavy atom. The first-order valence-corrected chi connectivity index (χ1v) is 10.9. The first-order valence-electron chi connectivity index (χ1n) is 10.0. The first kappa shape index (κ1) is 20.7. The quantitative estimate of drug-likeness (QED) is 0.731. The zero-order chi connectivity index (χ0) is 19.9. The molecule has 1 aromatic heterocycles. The molecule has 0 aliphatic carbocycles. The number of ether oxygens (including phenoxy) is 1. The molecule has 0 unspecified atom stereocenters. The summed E-state index contributed by atoms with van der Waals surface area (Å²) in [4.78, 5) is 18.3. The van der Waals surface area contributed by atoms with Crippen molar-refractivity contribution >= 4 is 22.9 Å². The monoisotopic (exact) mass is 401 g/mol. The number of rotatable bonds is 8. The maximum atomic E-state index is 12.6. The van der Waals surface area contributed by atoms with E-state index >= 15 is 0 Å². The molecular formula is C22H31N3O2S. The number of piperazine rings is 1. The van der Waals surface area contributed by atoms with Crippen LogP contribution in [0.2, 0.25) is 0 Å². The van der Waals surface area contributed by atoms with Gasteiger partial charge >= 0.3 is 0 Å². The molecule has 0 spiro atoms. The van der Waals surface area contributed by atoms with Gasteiger partial charge in [0.25, 0.3) is 0 Å². The number of carbonyl (C=O) groups is 1. The van der Waals surface area contributed by atoms with Gasteiger partial charge in [-0.25, -0.2) is 0 Å². The van der Waals surface area contributed by atoms with Gasteiger partial charge < -0.3 is 19.9 Å². The predicted molar refractivity (Wildman–Crippen MR) is 116 cm³/mol. The van der Waals surface area contributed by atoms with Crippen molar-refractivity contribution in [1.82, 2.24) is 10.2 Å². The van der Waals surface area contributed by atoms with E-state index in [1.54, 1.807) is 18.4 Å². The summed E-state index contributed by atoms with van der Waals surface area (Å²) in [5, 5.41) is 5.69. The second kappa shape index (κ2) is 9.94. The van der Waals surface area contributed by atoms with E-state index in [0.29, 0.717) is 18.4 Å². The average molecular weight is 402 g/mol. The molecule has 5 nitrogen and oxygen atoms in total. The smallest absolute Gasteiger partial charge is 0.223 e. The van der Waals surface area contributed by atoms with Crippen molar-refractivity contribution in [3.63, 3.8) is 0 Å². The number of carbonyl (C=O) groups excluding carboxylic acids is 1. The summed E-state index contributed by atoms with van der Waals surface area (Å²) in [7, 11) is 1.68. The normalized spacial score (nSPS) is 15.7. The lowest BCUT2D eigenvalue weighted by Gasteiger charge is -2.36. The summed E-state index contributed by atoms with van der Waals surface area (Å²) in [5.41, 5.74) is 1.19. The minimum atomic E-state index is 0.246. The molecule has 1 fully saturated rings. The molecule has 6 heteroatoms. The van der Waals surface area contributed by atoms with Gasteiger partial charge in [-0.1, -0.05) is 19.9 Å². The van der Waals surface area contributed by atoms with Crippen molar-refractivity contribution in [2.75, 3.05) is 44.7 Å². The van der Waals surface area contributed by atoms with E-state index in [4.69, 9.17) is 4.74 Å². The molecule has 0 radical (unpaired) electrons. The summed E-state index contributed by atoms with van der Waals surface area (Å²) in [6.45, 7) is 8.46. The van der Waals surface area contributed by atoms with Crippen LogP contribution < -0.4 is 15.0 Å². The highest BCUT2D eigenvalue weighted by molar-refractivity contribution is 7.10. The van der Waals surface area contributed by atoms with E-state index in [1.165, 1.54) is 10.6 Å². The van der Waals surface area contributed by atoms with Crippen LogP contribution >= 0.6 is 11.3 Å². The fourth-order valence-corrected chi connectivity index (χ4v) is 4.61. The van der Waals surface area contributed by atoms with Gasteiger partial charge in [0.15, 0.2) is 0 Å². The zero-order valence-electron chi connectivity index (χ0n) is 17.1. The lowest BCUT2D eigenvalue weighted by atomic mass is 10.0. The molecule has 1 atom stereocenters. The molecular weight excluding hydrogens is 370 g/mol. The summed E-state index contributed by atoms with van der Waals surface area (Å²) < 4.78 is 5.22. The highest BCUT2D eigenvalue weighted by Crippen LogP contribution is 2.25.